The number of rotatable bonds is 4. The van der Waals surface area contributed by atoms with Crippen LogP contribution in [0.15, 0.2) is 54.6 Å². The number of anilines is 1. The molecule has 1 saturated carbocycles. The highest BCUT2D eigenvalue weighted by Crippen LogP contribution is 2.36. The number of carboxylic acids is 1. The summed E-state index contributed by atoms with van der Waals surface area (Å²) in [5.74, 6) is -2.72. The van der Waals surface area contributed by atoms with Crippen molar-refractivity contribution in [2.75, 3.05) is 4.90 Å². The van der Waals surface area contributed by atoms with Gasteiger partial charge in [0.2, 0.25) is 0 Å². The van der Waals surface area contributed by atoms with Crippen LogP contribution in [-0.4, -0.2) is 34.8 Å². The fourth-order valence-electron chi connectivity index (χ4n) is 4.87. The van der Waals surface area contributed by atoms with Crippen LogP contribution in [0.1, 0.15) is 73.5 Å². The number of amides is 3. The number of nitrogens with zero attached hydrogens (tertiary/aromatic N) is 1. The van der Waals surface area contributed by atoms with Gasteiger partial charge in [-0.05, 0) is 49.2 Å². The highest BCUT2D eigenvalue weighted by atomic mass is 16.4. The molecule has 7 nitrogen and oxygen atoms in total. The van der Waals surface area contributed by atoms with Crippen LogP contribution in [0.3, 0.4) is 0 Å². The number of benzene rings is 3. The van der Waals surface area contributed by atoms with Crippen molar-refractivity contribution < 1.29 is 24.3 Å². The molecule has 1 aliphatic carbocycles. The summed E-state index contributed by atoms with van der Waals surface area (Å²) in [6.07, 6.45) is 4.96. The Labute approximate surface area is 190 Å². The number of carbonyl (C=O) groups excluding carboxylic acids is 3. The third kappa shape index (κ3) is 3.46. The first-order chi connectivity index (χ1) is 16.0. The molecule has 1 fully saturated rings. The zero-order chi connectivity index (χ0) is 23.1. The molecule has 1 heterocycles. The molecule has 0 aromatic heterocycles. The van der Waals surface area contributed by atoms with Crippen molar-refractivity contribution in [1.82, 2.24) is 5.32 Å². The van der Waals surface area contributed by atoms with Crippen molar-refractivity contribution in [3.05, 3.63) is 76.9 Å². The van der Waals surface area contributed by atoms with Gasteiger partial charge in [-0.15, -0.1) is 0 Å². The van der Waals surface area contributed by atoms with Gasteiger partial charge in [-0.25, -0.2) is 9.69 Å². The van der Waals surface area contributed by atoms with Gasteiger partial charge in [0.15, 0.2) is 0 Å². The number of carbonyl (C=O) groups is 4. The zero-order valence-electron chi connectivity index (χ0n) is 17.8. The maximum Gasteiger partial charge on any atom is 0.336 e. The molecule has 0 saturated heterocycles. The Morgan fingerprint density at radius 3 is 2.00 bits per heavy atom. The van der Waals surface area contributed by atoms with Crippen LogP contribution >= 0.6 is 0 Å². The van der Waals surface area contributed by atoms with Crippen LogP contribution in [0.4, 0.5) is 5.69 Å². The van der Waals surface area contributed by atoms with Crippen LogP contribution in [0, 0.1) is 0 Å². The minimum Gasteiger partial charge on any atom is -0.478 e. The lowest BCUT2D eigenvalue weighted by molar-refractivity contribution is 0.0697. The third-order valence-corrected chi connectivity index (χ3v) is 6.46. The topological polar surface area (TPSA) is 104 Å². The summed E-state index contributed by atoms with van der Waals surface area (Å²) in [7, 11) is 0. The number of aromatic carboxylic acids is 1. The summed E-state index contributed by atoms with van der Waals surface area (Å²) < 4.78 is 0. The average Bonchev–Trinajstić information content (AvgIpc) is 2.83. The van der Waals surface area contributed by atoms with E-state index in [9.17, 15) is 24.3 Å². The molecular weight excluding hydrogens is 420 g/mol. The molecule has 2 aliphatic rings. The molecule has 0 spiro atoms. The van der Waals surface area contributed by atoms with E-state index in [0.717, 1.165) is 37.0 Å². The maximum absolute atomic E-state index is 13.4. The summed E-state index contributed by atoms with van der Waals surface area (Å²) >= 11 is 0. The largest absolute Gasteiger partial charge is 0.478 e. The molecule has 7 heteroatoms. The van der Waals surface area contributed by atoms with Gasteiger partial charge in [0.1, 0.15) is 0 Å². The Balaban J connectivity index is 1.68. The van der Waals surface area contributed by atoms with Gasteiger partial charge in [0.25, 0.3) is 17.7 Å². The molecule has 2 N–H and O–H groups in total. The third-order valence-electron chi connectivity index (χ3n) is 6.46. The number of imide groups is 1. The zero-order valence-corrected chi connectivity index (χ0v) is 17.8. The van der Waals surface area contributed by atoms with E-state index >= 15 is 0 Å². The van der Waals surface area contributed by atoms with Gasteiger partial charge in [-0.2, -0.15) is 0 Å². The number of para-hydroxylation sites is 1. The summed E-state index contributed by atoms with van der Waals surface area (Å²) in [5.41, 5.74) is 0.861. The van der Waals surface area contributed by atoms with Gasteiger partial charge >= 0.3 is 5.97 Å². The predicted octanol–water partition coefficient (Wildman–Crippen LogP) is 4.40. The van der Waals surface area contributed by atoms with E-state index in [4.69, 9.17) is 0 Å². The first-order valence-corrected chi connectivity index (χ1v) is 11.0. The Hall–Kier alpha value is -4.00. The number of nitrogens with one attached hydrogen (secondary N) is 1. The van der Waals surface area contributed by atoms with Crippen molar-refractivity contribution in [3.8, 4) is 0 Å². The van der Waals surface area contributed by atoms with Crippen LogP contribution in [-0.2, 0) is 0 Å². The fraction of sp³-hybridized carbons (Fsp3) is 0.231. The smallest absolute Gasteiger partial charge is 0.336 e. The molecule has 33 heavy (non-hydrogen) atoms. The van der Waals surface area contributed by atoms with E-state index in [1.165, 1.54) is 24.3 Å². The molecule has 0 atom stereocenters. The van der Waals surface area contributed by atoms with Crippen LogP contribution in [0.25, 0.3) is 10.8 Å². The molecule has 5 rings (SSSR count). The first kappa shape index (κ1) is 20.9. The quantitative estimate of drug-likeness (QED) is 0.583. The second-order valence-electron chi connectivity index (χ2n) is 8.47. The van der Waals surface area contributed by atoms with E-state index in [2.05, 4.69) is 5.32 Å². The van der Waals surface area contributed by atoms with Gasteiger partial charge < -0.3 is 10.4 Å². The Kier molecular flexibility index (Phi) is 5.17. The standard InChI is InChI=1S/C26H22N2O5/c29-23(27-15-7-3-1-4-8-15)17-11-12-18-22-19(13-14-20(21(17)22)26(32)33)25(31)28(24(18)30)16-9-5-2-6-10-16/h2,5-6,9-15H,1,3-4,7-8H2,(H,27,29)(H,32,33). The Bertz CT molecular complexity index is 1290. The minimum atomic E-state index is -1.23. The molecule has 0 unspecified atom stereocenters. The highest BCUT2D eigenvalue weighted by Gasteiger charge is 2.36. The van der Waals surface area contributed by atoms with Gasteiger partial charge in [0, 0.05) is 33.5 Å². The SMILES string of the molecule is O=C(O)c1ccc2c3c(ccc(C(=O)NC4CCCCC4)c13)C(=O)N(c1ccccc1)C2=O. The summed E-state index contributed by atoms with van der Waals surface area (Å²) in [6, 6.07) is 14.4. The normalized spacial score (nSPS) is 16.2. The number of hydrogen-bond donors (Lipinski definition) is 2. The Morgan fingerprint density at radius 1 is 0.788 bits per heavy atom. The fourth-order valence-corrected chi connectivity index (χ4v) is 4.87. The van der Waals surface area contributed by atoms with E-state index in [1.54, 1.807) is 30.3 Å². The van der Waals surface area contributed by atoms with E-state index in [-0.39, 0.29) is 39.1 Å². The van der Waals surface area contributed by atoms with Crippen LogP contribution in [0.5, 0.6) is 0 Å². The summed E-state index contributed by atoms with van der Waals surface area (Å²) in [6.45, 7) is 0. The predicted molar refractivity (Wildman–Crippen MR) is 123 cm³/mol. The molecular formula is C26H22N2O5. The first-order valence-electron chi connectivity index (χ1n) is 11.0. The van der Waals surface area contributed by atoms with E-state index in [1.807, 2.05) is 0 Å². The van der Waals surface area contributed by atoms with Crippen molar-refractivity contribution >= 4 is 40.2 Å². The second-order valence-corrected chi connectivity index (χ2v) is 8.47. The summed E-state index contributed by atoms with van der Waals surface area (Å²) in [5, 5.41) is 13.2. The molecule has 3 amide bonds. The lowest BCUT2D eigenvalue weighted by atomic mass is 9.87. The van der Waals surface area contributed by atoms with Gasteiger partial charge in [0.05, 0.1) is 11.3 Å². The molecule has 166 valence electrons. The monoisotopic (exact) mass is 442 g/mol. The lowest BCUT2D eigenvalue weighted by Gasteiger charge is -2.28. The summed E-state index contributed by atoms with van der Waals surface area (Å²) in [4.78, 5) is 53.0. The Morgan fingerprint density at radius 2 is 1.39 bits per heavy atom. The van der Waals surface area contributed by atoms with Crippen molar-refractivity contribution in [2.45, 2.75) is 38.1 Å². The van der Waals surface area contributed by atoms with Crippen molar-refractivity contribution in [1.29, 1.82) is 0 Å². The van der Waals surface area contributed by atoms with E-state index in [0.29, 0.717) is 5.69 Å². The van der Waals surface area contributed by atoms with Crippen molar-refractivity contribution in [3.63, 3.8) is 0 Å². The van der Waals surface area contributed by atoms with Gasteiger partial charge in [-0.1, -0.05) is 37.5 Å². The lowest BCUT2D eigenvalue weighted by Crippen LogP contribution is -2.41. The molecule has 3 aromatic carbocycles. The maximum atomic E-state index is 13.4. The average molecular weight is 442 g/mol. The van der Waals surface area contributed by atoms with Gasteiger partial charge in [-0.3, -0.25) is 14.4 Å². The second kappa shape index (κ2) is 8.16. The molecule has 1 aliphatic heterocycles. The molecule has 3 aromatic rings. The van der Waals surface area contributed by atoms with Crippen LogP contribution < -0.4 is 10.2 Å². The van der Waals surface area contributed by atoms with Crippen molar-refractivity contribution in [2.24, 2.45) is 0 Å². The number of carboxylic acid groups (broad SMARTS) is 1. The molecule has 0 radical (unpaired) electrons. The van der Waals surface area contributed by atoms with Crippen LogP contribution in [0.2, 0.25) is 0 Å². The molecule has 0 bridgehead atoms. The number of hydrogen-bond acceptors (Lipinski definition) is 4. The highest BCUT2D eigenvalue weighted by molar-refractivity contribution is 6.37. The minimum absolute atomic E-state index is 0.0298. The van der Waals surface area contributed by atoms with E-state index < -0.39 is 23.7 Å².